The molecule has 156 valence electrons. The Morgan fingerprint density at radius 3 is 2.90 bits per heavy atom. The van der Waals surface area contributed by atoms with Crippen molar-refractivity contribution in [3.05, 3.63) is 48.8 Å². The topological polar surface area (TPSA) is 75.2 Å². The normalized spacial score (nSPS) is 11.5. The van der Waals surface area contributed by atoms with Crippen LogP contribution in [0.1, 0.15) is 6.42 Å². The van der Waals surface area contributed by atoms with Crippen molar-refractivity contribution < 1.29 is 9.53 Å². The summed E-state index contributed by atoms with van der Waals surface area (Å²) >= 11 is 0. The number of carbonyl (C=O) groups excluding carboxylic acids is 1. The smallest absolute Gasteiger partial charge is 0.239 e. The number of benzene rings is 1. The quantitative estimate of drug-likeness (QED) is 0.441. The van der Waals surface area contributed by atoms with Crippen LogP contribution in [-0.4, -0.2) is 59.6 Å². The zero-order chi connectivity index (χ0) is 21.1. The van der Waals surface area contributed by atoms with Gasteiger partial charge in [0.2, 0.25) is 5.91 Å². The van der Waals surface area contributed by atoms with E-state index in [9.17, 15) is 4.79 Å². The highest BCUT2D eigenvalue weighted by Crippen LogP contribution is 2.34. The fourth-order valence-electron chi connectivity index (χ4n) is 3.69. The number of aromatic nitrogens is 3. The van der Waals surface area contributed by atoms with E-state index in [0.29, 0.717) is 6.54 Å². The number of nitrogens with zero attached hydrogens (tertiary/aromatic N) is 3. The standard InChI is InChI=1S/C23H27N5O2/c1-27(2)11-5-10-24-22(29)15-28-14-19(18-13-17(30-3)7-8-21(18)28)20-12-16-6-4-9-25-23(16)26-20/h4,6-9,12-14H,5,10-11,15H2,1-3H3,(H,24,29)(H,25,26). The van der Waals surface area contributed by atoms with Gasteiger partial charge in [-0.05, 0) is 63.5 Å². The summed E-state index contributed by atoms with van der Waals surface area (Å²) in [6.45, 7) is 1.89. The third kappa shape index (κ3) is 4.16. The van der Waals surface area contributed by atoms with Gasteiger partial charge in [0.15, 0.2) is 0 Å². The number of methoxy groups -OCH3 is 1. The number of ether oxygens (including phenoxy) is 1. The van der Waals surface area contributed by atoms with Crippen LogP contribution in [0.5, 0.6) is 5.75 Å². The molecule has 0 radical (unpaired) electrons. The van der Waals surface area contributed by atoms with E-state index in [1.165, 1.54) is 0 Å². The molecule has 2 N–H and O–H groups in total. The molecule has 7 heteroatoms. The maximum Gasteiger partial charge on any atom is 0.239 e. The summed E-state index contributed by atoms with van der Waals surface area (Å²) in [5.41, 5.74) is 3.81. The average molecular weight is 406 g/mol. The first-order chi connectivity index (χ1) is 14.5. The minimum atomic E-state index is 0.00587. The minimum absolute atomic E-state index is 0.00587. The van der Waals surface area contributed by atoms with Gasteiger partial charge < -0.3 is 24.5 Å². The van der Waals surface area contributed by atoms with E-state index in [1.54, 1.807) is 13.3 Å². The summed E-state index contributed by atoms with van der Waals surface area (Å²) < 4.78 is 7.42. The summed E-state index contributed by atoms with van der Waals surface area (Å²) in [4.78, 5) is 22.4. The summed E-state index contributed by atoms with van der Waals surface area (Å²) in [5, 5.41) is 5.10. The molecule has 0 aliphatic rings. The van der Waals surface area contributed by atoms with Gasteiger partial charge in [0, 0.05) is 46.5 Å². The lowest BCUT2D eigenvalue weighted by Crippen LogP contribution is -2.29. The number of nitrogens with one attached hydrogen (secondary N) is 2. The van der Waals surface area contributed by atoms with Crippen molar-refractivity contribution in [2.75, 3.05) is 34.3 Å². The summed E-state index contributed by atoms with van der Waals surface area (Å²) in [7, 11) is 5.72. The summed E-state index contributed by atoms with van der Waals surface area (Å²) in [6, 6.07) is 12.0. The molecule has 0 aliphatic heterocycles. The van der Waals surface area contributed by atoms with Crippen molar-refractivity contribution in [3.63, 3.8) is 0 Å². The van der Waals surface area contributed by atoms with Crippen molar-refractivity contribution in [3.8, 4) is 17.0 Å². The Labute approximate surface area is 175 Å². The van der Waals surface area contributed by atoms with Crippen molar-refractivity contribution in [2.24, 2.45) is 0 Å². The number of rotatable bonds is 8. The number of fused-ring (bicyclic) bond motifs is 2. The molecule has 4 rings (SSSR count). The zero-order valence-electron chi connectivity index (χ0n) is 17.6. The van der Waals surface area contributed by atoms with Gasteiger partial charge in [-0.1, -0.05) is 0 Å². The largest absolute Gasteiger partial charge is 0.497 e. The Balaban J connectivity index is 1.64. The molecule has 4 aromatic rings. The predicted octanol–water partition coefficient (Wildman–Crippen LogP) is 3.26. The van der Waals surface area contributed by atoms with E-state index in [1.807, 2.05) is 55.2 Å². The SMILES string of the molecule is COc1ccc2c(c1)c(-c1cc3cccnc3[nH]1)cn2CC(=O)NCCCN(C)C. The number of carbonyl (C=O) groups is 1. The average Bonchev–Trinajstić information content (AvgIpc) is 3.32. The molecule has 7 nitrogen and oxygen atoms in total. The molecule has 30 heavy (non-hydrogen) atoms. The maximum absolute atomic E-state index is 12.5. The molecular weight excluding hydrogens is 378 g/mol. The van der Waals surface area contributed by atoms with Gasteiger partial charge in [-0.2, -0.15) is 0 Å². The second kappa shape index (κ2) is 8.59. The molecule has 3 aromatic heterocycles. The summed E-state index contributed by atoms with van der Waals surface area (Å²) in [5.74, 6) is 0.787. The van der Waals surface area contributed by atoms with Crippen LogP contribution in [-0.2, 0) is 11.3 Å². The maximum atomic E-state index is 12.5. The Morgan fingerprint density at radius 1 is 1.27 bits per heavy atom. The van der Waals surface area contributed by atoms with E-state index < -0.39 is 0 Å². The molecule has 0 saturated carbocycles. The lowest BCUT2D eigenvalue weighted by molar-refractivity contribution is -0.121. The number of pyridine rings is 1. The van der Waals surface area contributed by atoms with Crippen LogP contribution >= 0.6 is 0 Å². The third-order valence-corrected chi connectivity index (χ3v) is 5.19. The van der Waals surface area contributed by atoms with Gasteiger partial charge in [0.25, 0.3) is 0 Å². The van der Waals surface area contributed by atoms with E-state index in [2.05, 4.69) is 26.3 Å². The predicted molar refractivity (Wildman–Crippen MR) is 120 cm³/mol. The third-order valence-electron chi connectivity index (χ3n) is 5.19. The van der Waals surface area contributed by atoms with Gasteiger partial charge in [0.1, 0.15) is 17.9 Å². The molecule has 0 atom stereocenters. The molecule has 0 bridgehead atoms. The van der Waals surface area contributed by atoms with E-state index >= 15 is 0 Å². The highest BCUT2D eigenvalue weighted by molar-refractivity contribution is 5.99. The molecule has 0 spiro atoms. The molecule has 1 aromatic carbocycles. The molecular formula is C23H27N5O2. The van der Waals surface area contributed by atoms with Crippen LogP contribution in [0.15, 0.2) is 48.8 Å². The van der Waals surface area contributed by atoms with Crippen LogP contribution in [0.2, 0.25) is 0 Å². The Bertz CT molecular complexity index is 1140. The molecule has 0 aliphatic carbocycles. The van der Waals surface area contributed by atoms with E-state index in [-0.39, 0.29) is 12.5 Å². The first-order valence-electron chi connectivity index (χ1n) is 10.1. The van der Waals surface area contributed by atoms with E-state index in [0.717, 1.165) is 51.9 Å². The number of hydrogen-bond acceptors (Lipinski definition) is 4. The Hall–Kier alpha value is -3.32. The number of hydrogen-bond donors (Lipinski definition) is 2. The fourth-order valence-corrected chi connectivity index (χ4v) is 3.69. The summed E-state index contributed by atoms with van der Waals surface area (Å²) in [6.07, 6.45) is 4.72. The highest BCUT2D eigenvalue weighted by Gasteiger charge is 2.15. The van der Waals surface area contributed by atoms with Crippen LogP contribution < -0.4 is 10.1 Å². The first-order valence-corrected chi connectivity index (χ1v) is 10.1. The van der Waals surface area contributed by atoms with E-state index in [4.69, 9.17) is 4.74 Å². The van der Waals surface area contributed by atoms with Gasteiger partial charge in [-0.15, -0.1) is 0 Å². The lowest BCUT2D eigenvalue weighted by atomic mass is 10.1. The van der Waals surface area contributed by atoms with Crippen molar-refractivity contribution in [1.82, 2.24) is 24.8 Å². The highest BCUT2D eigenvalue weighted by atomic mass is 16.5. The van der Waals surface area contributed by atoms with Gasteiger partial charge >= 0.3 is 0 Å². The van der Waals surface area contributed by atoms with Gasteiger partial charge in [0.05, 0.1) is 7.11 Å². The molecule has 0 saturated heterocycles. The number of aromatic amines is 1. The van der Waals surface area contributed by atoms with Gasteiger partial charge in [-0.25, -0.2) is 4.98 Å². The number of amides is 1. The minimum Gasteiger partial charge on any atom is -0.497 e. The first kappa shape index (κ1) is 20.0. The van der Waals surface area contributed by atoms with Crippen molar-refractivity contribution in [1.29, 1.82) is 0 Å². The van der Waals surface area contributed by atoms with Gasteiger partial charge in [-0.3, -0.25) is 4.79 Å². The number of H-pyrrole nitrogens is 1. The second-order valence-electron chi connectivity index (χ2n) is 7.68. The lowest BCUT2D eigenvalue weighted by Gasteiger charge is -2.10. The van der Waals surface area contributed by atoms with Crippen LogP contribution in [0.25, 0.3) is 33.2 Å². The Kier molecular flexibility index (Phi) is 5.72. The van der Waals surface area contributed by atoms with Crippen molar-refractivity contribution in [2.45, 2.75) is 13.0 Å². The van der Waals surface area contributed by atoms with Crippen LogP contribution in [0, 0.1) is 0 Å². The molecule has 0 fully saturated rings. The zero-order valence-corrected chi connectivity index (χ0v) is 17.6. The van der Waals surface area contributed by atoms with Crippen LogP contribution in [0.4, 0.5) is 0 Å². The molecule has 3 heterocycles. The Morgan fingerprint density at radius 2 is 2.13 bits per heavy atom. The molecule has 1 amide bonds. The monoisotopic (exact) mass is 405 g/mol. The second-order valence-corrected chi connectivity index (χ2v) is 7.68. The fraction of sp³-hybridized carbons (Fsp3) is 0.304. The van der Waals surface area contributed by atoms with Crippen molar-refractivity contribution >= 4 is 27.8 Å². The molecule has 0 unspecified atom stereocenters. The van der Waals surface area contributed by atoms with Crippen LogP contribution in [0.3, 0.4) is 0 Å².